The number of hydrogen-bond acceptors (Lipinski definition) is 6. The zero-order valence-corrected chi connectivity index (χ0v) is 21.0. The molecule has 10 heteroatoms. The largest absolute Gasteiger partial charge is 0.466 e. The van der Waals surface area contributed by atoms with Crippen molar-refractivity contribution in [2.45, 2.75) is 31.2 Å². The lowest BCUT2D eigenvalue weighted by molar-refractivity contribution is -0.149. The van der Waals surface area contributed by atoms with E-state index in [2.05, 4.69) is 4.98 Å². The fourth-order valence-electron chi connectivity index (χ4n) is 4.38. The summed E-state index contributed by atoms with van der Waals surface area (Å²) in [5, 5.41) is 0.673. The highest BCUT2D eigenvalue weighted by atomic mass is 32.2. The lowest BCUT2D eigenvalue weighted by Gasteiger charge is -2.31. The molecule has 9 nitrogen and oxygen atoms in total. The number of fused-ring (bicyclic) bond motifs is 1. The maximum absolute atomic E-state index is 13.6. The van der Waals surface area contributed by atoms with Crippen LogP contribution < -0.4 is 0 Å². The Hall–Kier alpha value is -3.24. The first-order valence-electron chi connectivity index (χ1n) is 11.6. The Morgan fingerprint density at radius 3 is 2.40 bits per heavy atom. The van der Waals surface area contributed by atoms with Gasteiger partial charge in [0.1, 0.15) is 5.69 Å². The second-order valence-corrected chi connectivity index (χ2v) is 10.9. The Balaban J connectivity index is 1.69. The fraction of sp³-hybridized carbons (Fsp3) is 0.400. The summed E-state index contributed by atoms with van der Waals surface area (Å²) in [5.41, 5.74) is 2.22. The van der Waals surface area contributed by atoms with Gasteiger partial charge in [-0.3, -0.25) is 14.6 Å². The van der Waals surface area contributed by atoms with Crippen LogP contribution in [-0.4, -0.2) is 72.8 Å². The Morgan fingerprint density at radius 1 is 1.09 bits per heavy atom. The van der Waals surface area contributed by atoms with Gasteiger partial charge < -0.3 is 14.2 Å². The van der Waals surface area contributed by atoms with Crippen molar-refractivity contribution in [3.8, 4) is 0 Å². The number of amides is 1. The normalized spacial score (nSPS) is 15.0. The predicted molar refractivity (Wildman–Crippen MR) is 131 cm³/mol. The smallest absolute Gasteiger partial charge is 0.309 e. The molecule has 0 N–H and O–H groups in total. The molecular weight excluding hydrogens is 468 g/mol. The van der Waals surface area contributed by atoms with Gasteiger partial charge in [0.15, 0.2) is 0 Å². The molecule has 3 aromatic rings. The molecule has 186 valence electrons. The van der Waals surface area contributed by atoms with E-state index in [0.717, 1.165) is 11.1 Å². The molecule has 0 atom stereocenters. The highest BCUT2D eigenvalue weighted by molar-refractivity contribution is 7.89. The number of likely N-dealkylation sites (tertiary alicyclic amines) is 1. The number of nitrogens with zero attached hydrogens (tertiary/aromatic N) is 4. The Labute approximate surface area is 205 Å². The summed E-state index contributed by atoms with van der Waals surface area (Å²) in [6.45, 7) is 3.48. The second kappa shape index (κ2) is 10.2. The zero-order valence-electron chi connectivity index (χ0n) is 20.2. The van der Waals surface area contributed by atoms with Gasteiger partial charge in [-0.15, -0.1) is 0 Å². The van der Waals surface area contributed by atoms with Gasteiger partial charge in [0, 0.05) is 57.0 Å². The molecule has 0 radical (unpaired) electrons. The number of rotatable bonds is 7. The topological polar surface area (TPSA) is 102 Å². The molecule has 0 spiro atoms. The molecule has 2 aromatic heterocycles. The number of piperidine rings is 1. The molecule has 0 saturated carbocycles. The molecule has 4 rings (SSSR count). The van der Waals surface area contributed by atoms with Gasteiger partial charge in [0.05, 0.1) is 17.4 Å². The van der Waals surface area contributed by atoms with Crippen LogP contribution in [0.1, 0.15) is 35.8 Å². The number of hydrogen-bond donors (Lipinski definition) is 0. The fourth-order valence-corrected chi connectivity index (χ4v) is 5.32. The monoisotopic (exact) mass is 498 g/mol. The first-order valence-corrected chi connectivity index (χ1v) is 13.1. The highest BCUT2D eigenvalue weighted by Crippen LogP contribution is 2.28. The van der Waals surface area contributed by atoms with E-state index in [4.69, 9.17) is 4.74 Å². The van der Waals surface area contributed by atoms with Crippen LogP contribution in [0.3, 0.4) is 0 Å². The minimum atomic E-state index is -3.61. The van der Waals surface area contributed by atoms with Crippen molar-refractivity contribution in [3.63, 3.8) is 0 Å². The maximum Gasteiger partial charge on any atom is 0.309 e. The lowest BCUT2D eigenvalue weighted by atomic mass is 9.97. The van der Waals surface area contributed by atoms with Crippen LogP contribution in [0.5, 0.6) is 0 Å². The average molecular weight is 499 g/mol. The number of esters is 1. The summed E-state index contributed by atoms with van der Waals surface area (Å²) in [7, 11) is -0.636. The van der Waals surface area contributed by atoms with Crippen LogP contribution in [0.25, 0.3) is 10.9 Å². The van der Waals surface area contributed by atoms with Gasteiger partial charge in [-0.2, -0.15) is 0 Å². The highest BCUT2D eigenvalue weighted by Gasteiger charge is 2.30. The lowest BCUT2D eigenvalue weighted by Crippen LogP contribution is -2.41. The third-order valence-corrected chi connectivity index (χ3v) is 8.17. The van der Waals surface area contributed by atoms with Gasteiger partial charge in [0.25, 0.3) is 5.91 Å². The number of sulfonamides is 1. The van der Waals surface area contributed by atoms with Crippen molar-refractivity contribution in [2.24, 2.45) is 5.92 Å². The standard InChI is InChI=1S/C25H30N4O5S/c1-4-34-25(31)19-9-13-28(14-10-19)24(30)23-16-20-15-21(35(32,33)27(2)3)5-6-22(20)29(23)17-18-7-11-26-12-8-18/h5-8,11-12,15-16,19H,4,9-10,13-14,17H2,1-3H3. The summed E-state index contributed by atoms with van der Waals surface area (Å²) in [6.07, 6.45) is 4.51. The van der Waals surface area contributed by atoms with E-state index in [1.165, 1.54) is 18.4 Å². The molecule has 1 aliphatic heterocycles. The van der Waals surface area contributed by atoms with Crippen molar-refractivity contribution >= 4 is 32.8 Å². The predicted octanol–water partition coefficient (Wildman–Crippen LogP) is 2.75. The van der Waals surface area contributed by atoms with Crippen LogP contribution in [-0.2, 0) is 26.1 Å². The van der Waals surface area contributed by atoms with Crippen LogP contribution in [0.4, 0.5) is 0 Å². The number of ether oxygens (including phenoxy) is 1. The Bertz CT molecular complexity index is 1330. The zero-order chi connectivity index (χ0) is 25.2. The number of aromatic nitrogens is 2. The van der Waals surface area contributed by atoms with E-state index in [1.807, 2.05) is 16.7 Å². The molecule has 1 fully saturated rings. The van der Waals surface area contributed by atoms with Gasteiger partial charge in [-0.1, -0.05) is 0 Å². The molecule has 35 heavy (non-hydrogen) atoms. The van der Waals surface area contributed by atoms with E-state index < -0.39 is 10.0 Å². The van der Waals surface area contributed by atoms with Crippen molar-refractivity contribution in [3.05, 3.63) is 60.0 Å². The summed E-state index contributed by atoms with van der Waals surface area (Å²) < 4.78 is 33.6. The van der Waals surface area contributed by atoms with Crippen LogP contribution in [0.15, 0.2) is 53.7 Å². The van der Waals surface area contributed by atoms with E-state index in [0.29, 0.717) is 50.2 Å². The van der Waals surface area contributed by atoms with Crippen molar-refractivity contribution < 1.29 is 22.7 Å². The summed E-state index contributed by atoms with van der Waals surface area (Å²) >= 11 is 0. The maximum atomic E-state index is 13.6. The molecule has 1 aromatic carbocycles. The Kier molecular flexibility index (Phi) is 7.23. The first-order chi connectivity index (χ1) is 16.7. The number of carbonyl (C=O) groups is 2. The molecule has 1 amide bonds. The minimum absolute atomic E-state index is 0.144. The summed E-state index contributed by atoms with van der Waals surface area (Å²) in [4.78, 5) is 31.7. The molecule has 0 bridgehead atoms. The third-order valence-electron chi connectivity index (χ3n) is 6.36. The van der Waals surface area contributed by atoms with Crippen LogP contribution >= 0.6 is 0 Å². The second-order valence-electron chi connectivity index (χ2n) is 8.80. The summed E-state index contributed by atoms with van der Waals surface area (Å²) in [5.74, 6) is -0.545. The van der Waals surface area contributed by atoms with Gasteiger partial charge in [-0.05, 0) is 61.7 Å². The molecule has 0 aliphatic carbocycles. The quantitative estimate of drug-likeness (QED) is 0.464. The van der Waals surface area contributed by atoms with Crippen molar-refractivity contribution in [2.75, 3.05) is 33.8 Å². The van der Waals surface area contributed by atoms with Crippen molar-refractivity contribution in [1.82, 2.24) is 18.8 Å². The van der Waals surface area contributed by atoms with E-state index in [9.17, 15) is 18.0 Å². The Morgan fingerprint density at radius 2 is 1.77 bits per heavy atom. The molecule has 1 aliphatic rings. The van der Waals surface area contributed by atoms with Gasteiger partial charge in [0.2, 0.25) is 10.0 Å². The SMILES string of the molecule is CCOC(=O)C1CCN(C(=O)c2cc3cc(S(=O)(=O)N(C)C)ccc3n2Cc2ccncc2)CC1. The van der Waals surface area contributed by atoms with Crippen LogP contribution in [0, 0.1) is 5.92 Å². The first kappa shape index (κ1) is 24.9. The molecule has 1 saturated heterocycles. The van der Waals surface area contributed by atoms with E-state index in [-0.39, 0.29) is 22.7 Å². The summed E-state index contributed by atoms with van der Waals surface area (Å²) in [6, 6.07) is 10.4. The van der Waals surface area contributed by atoms with Crippen LogP contribution in [0.2, 0.25) is 0 Å². The number of pyridine rings is 1. The van der Waals surface area contributed by atoms with Crippen molar-refractivity contribution in [1.29, 1.82) is 0 Å². The van der Waals surface area contributed by atoms with Gasteiger partial charge in [-0.25, -0.2) is 12.7 Å². The van der Waals surface area contributed by atoms with E-state index >= 15 is 0 Å². The van der Waals surface area contributed by atoms with Gasteiger partial charge >= 0.3 is 5.97 Å². The molecular formula is C25H30N4O5S. The van der Waals surface area contributed by atoms with E-state index in [1.54, 1.807) is 48.5 Å². The molecule has 3 heterocycles. The minimum Gasteiger partial charge on any atom is -0.466 e. The number of benzene rings is 1. The molecule has 0 unspecified atom stereocenters. The third kappa shape index (κ3) is 5.08. The number of carbonyl (C=O) groups excluding carboxylic acids is 2. The average Bonchev–Trinajstić information content (AvgIpc) is 3.22.